The molecule has 18 heavy (non-hydrogen) atoms. The highest BCUT2D eigenvalue weighted by Gasteiger charge is 2.40. The van der Waals surface area contributed by atoms with Crippen molar-refractivity contribution >= 4 is 11.9 Å². The standard InChI is InChI=1S/C13H24N2O3/c1-9(2)5-6-15-12(18)10(7-11(16)17)14-8-13(15,3)4/h9-10,14H,5-8H2,1-4H3,(H,16,17). The maximum Gasteiger partial charge on any atom is 0.305 e. The summed E-state index contributed by atoms with van der Waals surface area (Å²) in [4.78, 5) is 24.9. The van der Waals surface area contributed by atoms with Crippen LogP contribution < -0.4 is 5.32 Å². The molecule has 1 unspecified atom stereocenters. The molecule has 0 aromatic heterocycles. The topological polar surface area (TPSA) is 69.6 Å². The van der Waals surface area contributed by atoms with E-state index in [1.807, 2.05) is 18.7 Å². The first-order chi connectivity index (χ1) is 8.24. The molecule has 2 N–H and O–H groups in total. The average molecular weight is 256 g/mol. The first-order valence-corrected chi connectivity index (χ1v) is 6.50. The first kappa shape index (κ1) is 15.0. The number of nitrogens with zero attached hydrogens (tertiary/aromatic N) is 1. The van der Waals surface area contributed by atoms with Gasteiger partial charge in [-0.3, -0.25) is 9.59 Å². The number of carboxylic acids is 1. The number of hydrogen-bond donors (Lipinski definition) is 2. The fourth-order valence-electron chi connectivity index (χ4n) is 2.18. The van der Waals surface area contributed by atoms with Gasteiger partial charge in [0.05, 0.1) is 12.5 Å². The second kappa shape index (κ2) is 5.69. The lowest BCUT2D eigenvalue weighted by molar-refractivity contribution is -0.148. The number of hydrogen-bond acceptors (Lipinski definition) is 3. The lowest BCUT2D eigenvalue weighted by Crippen LogP contribution is -2.65. The van der Waals surface area contributed by atoms with Gasteiger partial charge < -0.3 is 15.3 Å². The van der Waals surface area contributed by atoms with Crippen molar-refractivity contribution in [2.75, 3.05) is 13.1 Å². The Morgan fingerprint density at radius 3 is 2.67 bits per heavy atom. The van der Waals surface area contributed by atoms with E-state index < -0.39 is 12.0 Å². The Bertz CT molecular complexity index is 326. The molecule has 0 radical (unpaired) electrons. The predicted molar refractivity (Wildman–Crippen MR) is 69.3 cm³/mol. The smallest absolute Gasteiger partial charge is 0.305 e. The van der Waals surface area contributed by atoms with Gasteiger partial charge >= 0.3 is 5.97 Å². The Hall–Kier alpha value is -1.10. The van der Waals surface area contributed by atoms with Crippen molar-refractivity contribution in [1.82, 2.24) is 10.2 Å². The number of carbonyl (C=O) groups is 2. The van der Waals surface area contributed by atoms with Gasteiger partial charge in [0.15, 0.2) is 0 Å². The second-order valence-electron chi connectivity index (χ2n) is 6.02. The molecular formula is C13H24N2O3. The van der Waals surface area contributed by atoms with Gasteiger partial charge in [-0.25, -0.2) is 0 Å². The quantitative estimate of drug-likeness (QED) is 0.772. The molecule has 1 amide bonds. The van der Waals surface area contributed by atoms with E-state index in [-0.39, 0.29) is 17.9 Å². The van der Waals surface area contributed by atoms with Gasteiger partial charge in [0, 0.05) is 18.6 Å². The Morgan fingerprint density at radius 1 is 1.56 bits per heavy atom. The van der Waals surface area contributed by atoms with Crippen LogP contribution in [0.3, 0.4) is 0 Å². The predicted octanol–water partition coefficient (Wildman–Crippen LogP) is 1.09. The molecule has 1 fully saturated rings. The van der Waals surface area contributed by atoms with Crippen molar-refractivity contribution in [3.63, 3.8) is 0 Å². The van der Waals surface area contributed by atoms with E-state index in [0.29, 0.717) is 19.0 Å². The fourth-order valence-corrected chi connectivity index (χ4v) is 2.18. The van der Waals surface area contributed by atoms with Crippen LogP contribution in [-0.2, 0) is 9.59 Å². The second-order valence-corrected chi connectivity index (χ2v) is 6.02. The van der Waals surface area contributed by atoms with Crippen LogP contribution >= 0.6 is 0 Å². The number of carbonyl (C=O) groups excluding carboxylic acids is 1. The number of nitrogens with one attached hydrogen (secondary N) is 1. The molecule has 0 spiro atoms. The largest absolute Gasteiger partial charge is 0.481 e. The number of carboxylic acid groups (broad SMARTS) is 1. The molecule has 0 saturated carbocycles. The van der Waals surface area contributed by atoms with Crippen molar-refractivity contribution in [2.24, 2.45) is 5.92 Å². The number of amides is 1. The molecule has 1 heterocycles. The molecule has 1 saturated heterocycles. The normalized spacial score (nSPS) is 23.5. The van der Waals surface area contributed by atoms with Gasteiger partial charge in [0.25, 0.3) is 0 Å². The zero-order valence-corrected chi connectivity index (χ0v) is 11.7. The van der Waals surface area contributed by atoms with Gasteiger partial charge in [-0.05, 0) is 26.2 Å². The van der Waals surface area contributed by atoms with Gasteiger partial charge in [-0.15, -0.1) is 0 Å². The van der Waals surface area contributed by atoms with Crippen LogP contribution in [0.5, 0.6) is 0 Å². The number of aliphatic carboxylic acids is 1. The highest BCUT2D eigenvalue weighted by molar-refractivity contribution is 5.87. The third kappa shape index (κ3) is 3.70. The van der Waals surface area contributed by atoms with Crippen LogP contribution in [0.15, 0.2) is 0 Å². The van der Waals surface area contributed by atoms with Crippen molar-refractivity contribution in [3.05, 3.63) is 0 Å². The van der Waals surface area contributed by atoms with E-state index in [2.05, 4.69) is 19.2 Å². The molecule has 0 aromatic carbocycles. The van der Waals surface area contributed by atoms with Crippen molar-refractivity contribution < 1.29 is 14.7 Å². The maximum atomic E-state index is 12.3. The van der Waals surface area contributed by atoms with E-state index in [1.165, 1.54) is 0 Å². The van der Waals surface area contributed by atoms with Crippen LogP contribution in [0.1, 0.15) is 40.5 Å². The van der Waals surface area contributed by atoms with Gasteiger partial charge in [0.1, 0.15) is 0 Å². The van der Waals surface area contributed by atoms with Crippen LogP contribution in [0.2, 0.25) is 0 Å². The molecule has 5 heteroatoms. The van der Waals surface area contributed by atoms with Crippen molar-refractivity contribution in [2.45, 2.75) is 52.1 Å². The zero-order chi connectivity index (χ0) is 13.9. The van der Waals surface area contributed by atoms with E-state index in [4.69, 9.17) is 5.11 Å². The maximum absolute atomic E-state index is 12.3. The molecule has 0 aliphatic carbocycles. The Balaban J connectivity index is 2.74. The van der Waals surface area contributed by atoms with Crippen molar-refractivity contribution in [1.29, 1.82) is 0 Å². The minimum Gasteiger partial charge on any atom is -0.481 e. The molecular weight excluding hydrogens is 232 g/mol. The summed E-state index contributed by atoms with van der Waals surface area (Å²) in [5.74, 6) is -0.500. The SMILES string of the molecule is CC(C)CCN1C(=O)C(CC(=O)O)NCC1(C)C. The molecule has 104 valence electrons. The highest BCUT2D eigenvalue weighted by Crippen LogP contribution is 2.22. The molecule has 1 aliphatic heterocycles. The average Bonchev–Trinajstić information content (AvgIpc) is 2.21. The molecule has 5 nitrogen and oxygen atoms in total. The third-order valence-corrected chi connectivity index (χ3v) is 3.38. The van der Waals surface area contributed by atoms with Gasteiger partial charge in [-0.2, -0.15) is 0 Å². The molecule has 0 bridgehead atoms. The van der Waals surface area contributed by atoms with E-state index in [9.17, 15) is 9.59 Å². The summed E-state index contributed by atoms with van der Waals surface area (Å²) < 4.78 is 0. The summed E-state index contributed by atoms with van der Waals surface area (Å²) in [5.41, 5.74) is -0.249. The molecule has 1 aliphatic rings. The fraction of sp³-hybridized carbons (Fsp3) is 0.846. The Kier molecular flexibility index (Phi) is 4.73. The monoisotopic (exact) mass is 256 g/mol. The zero-order valence-electron chi connectivity index (χ0n) is 11.7. The summed E-state index contributed by atoms with van der Waals surface area (Å²) in [7, 11) is 0. The minimum absolute atomic E-state index is 0.0886. The lowest BCUT2D eigenvalue weighted by atomic mass is 9.94. The highest BCUT2D eigenvalue weighted by atomic mass is 16.4. The van der Waals surface area contributed by atoms with Crippen LogP contribution in [0, 0.1) is 5.92 Å². The minimum atomic E-state index is -0.940. The van der Waals surface area contributed by atoms with Gasteiger partial charge in [-0.1, -0.05) is 13.8 Å². The van der Waals surface area contributed by atoms with Crippen LogP contribution in [0.25, 0.3) is 0 Å². The third-order valence-electron chi connectivity index (χ3n) is 3.38. The van der Waals surface area contributed by atoms with Crippen molar-refractivity contribution in [3.8, 4) is 0 Å². The Labute approximate surface area is 109 Å². The van der Waals surface area contributed by atoms with E-state index in [1.54, 1.807) is 0 Å². The summed E-state index contributed by atoms with van der Waals surface area (Å²) in [6.07, 6.45) is 0.794. The molecule has 1 rings (SSSR count). The summed E-state index contributed by atoms with van der Waals surface area (Å²) in [6.45, 7) is 9.59. The Morgan fingerprint density at radius 2 is 2.17 bits per heavy atom. The first-order valence-electron chi connectivity index (χ1n) is 6.50. The lowest BCUT2D eigenvalue weighted by Gasteiger charge is -2.45. The molecule has 1 atom stereocenters. The summed E-state index contributed by atoms with van der Waals surface area (Å²) in [6, 6.07) is -0.581. The van der Waals surface area contributed by atoms with Crippen LogP contribution in [0.4, 0.5) is 0 Å². The van der Waals surface area contributed by atoms with Gasteiger partial charge in [0.2, 0.25) is 5.91 Å². The van der Waals surface area contributed by atoms with Crippen LogP contribution in [-0.4, -0.2) is 46.6 Å². The summed E-state index contributed by atoms with van der Waals surface area (Å²) in [5, 5.41) is 11.8. The molecule has 0 aromatic rings. The van der Waals surface area contributed by atoms with E-state index >= 15 is 0 Å². The number of piperazine rings is 1. The summed E-state index contributed by atoms with van der Waals surface area (Å²) >= 11 is 0. The van der Waals surface area contributed by atoms with E-state index in [0.717, 1.165) is 6.42 Å². The number of rotatable bonds is 5.